The number of anilines is 1. The van der Waals surface area contributed by atoms with Crippen LogP contribution >= 0.6 is 0 Å². The van der Waals surface area contributed by atoms with E-state index in [1.165, 1.54) is 0 Å². The van der Waals surface area contributed by atoms with Crippen LogP contribution in [0.4, 0.5) is 5.69 Å². The molecule has 0 saturated carbocycles. The van der Waals surface area contributed by atoms with Crippen LogP contribution in [-0.4, -0.2) is 39.2 Å². The smallest absolute Gasteiger partial charge is 0.241 e. The van der Waals surface area contributed by atoms with Gasteiger partial charge >= 0.3 is 0 Å². The molecule has 0 bridgehead atoms. The highest BCUT2D eigenvalue weighted by molar-refractivity contribution is 5.94. The van der Waals surface area contributed by atoms with Gasteiger partial charge in [-0.05, 0) is 18.6 Å². The summed E-state index contributed by atoms with van der Waals surface area (Å²) < 4.78 is 10.3. The first-order valence-corrected chi connectivity index (χ1v) is 6.66. The van der Waals surface area contributed by atoms with Gasteiger partial charge < -0.3 is 25.8 Å². The van der Waals surface area contributed by atoms with Gasteiger partial charge in [-0.2, -0.15) is 0 Å². The van der Waals surface area contributed by atoms with Crippen molar-refractivity contribution in [1.82, 2.24) is 5.32 Å². The van der Waals surface area contributed by atoms with Crippen LogP contribution in [0, 0.1) is 0 Å². The van der Waals surface area contributed by atoms with Gasteiger partial charge in [0.2, 0.25) is 5.91 Å². The number of benzene rings is 1. The molecule has 0 unspecified atom stereocenters. The predicted octanol–water partition coefficient (Wildman–Crippen LogP) is 0.957. The summed E-state index contributed by atoms with van der Waals surface area (Å²) in [7, 11) is 3.12. The molecule has 0 aromatic heterocycles. The largest absolute Gasteiger partial charge is 0.493 e. The van der Waals surface area contributed by atoms with Crippen LogP contribution in [0.25, 0.3) is 0 Å². The van der Waals surface area contributed by atoms with E-state index in [0.717, 1.165) is 6.42 Å². The van der Waals surface area contributed by atoms with Crippen molar-refractivity contribution in [1.29, 1.82) is 0 Å². The molecule has 7 heteroatoms. The number of hydrogen-bond donors (Lipinski definition) is 3. The lowest BCUT2D eigenvalue weighted by Crippen LogP contribution is -2.29. The minimum atomic E-state index is -0.158. The second kappa shape index (κ2) is 8.68. The van der Waals surface area contributed by atoms with Crippen molar-refractivity contribution >= 4 is 17.6 Å². The monoisotopic (exact) mass is 294 g/mol. The molecule has 0 radical (unpaired) electrons. The number of nitrogens with zero attached hydrogens (tertiary/aromatic N) is 1. The van der Waals surface area contributed by atoms with Crippen molar-refractivity contribution in [3.05, 3.63) is 18.2 Å². The zero-order chi connectivity index (χ0) is 15.7. The molecule has 1 aromatic rings. The van der Waals surface area contributed by atoms with E-state index in [0.29, 0.717) is 23.7 Å². The Balaban J connectivity index is 2.61. The molecule has 7 nitrogen and oxygen atoms in total. The normalized spacial score (nSPS) is 10.9. The first kappa shape index (κ1) is 16.6. The molecule has 0 saturated heterocycles. The molecule has 1 amide bonds. The van der Waals surface area contributed by atoms with Gasteiger partial charge in [-0.15, -0.1) is 0 Å². The molecule has 116 valence electrons. The van der Waals surface area contributed by atoms with Gasteiger partial charge in [0.05, 0.1) is 14.2 Å². The number of carbonyl (C=O) groups excluding carboxylic acids is 1. The number of aliphatic imine (C=N–C) groups is 1. The number of carbonyl (C=O) groups is 1. The Morgan fingerprint density at radius 3 is 2.62 bits per heavy atom. The summed E-state index contributed by atoms with van der Waals surface area (Å²) in [6.45, 7) is 2.61. The Morgan fingerprint density at radius 1 is 1.29 bits per heavy atom. The van der Waals surface area contributed by atoms with Gasteiger partial charge in [0, 0.05) is 18.3 Å². The second-order valence-corrected chi connectivity index (χ2v) is 4.25. The third kappa shape index (κ3) is 5.60. The van der Waals surface area contributed by atoms with E-state index in [-0.39, 0.29) is 18.4 Å². The first-order valence-electron chi connectivity index (χ1n) is 6.66. The number of nitrogens with one attached hydrogen (secondary N) is 2. The molecule has 0 heterocycles. The van der Waals surface area contributed by atoms with E-state index in [9.17, 15) is 4.79 Å². The van der Waals surface area contributed by atoms with Gasteiger partial charge in [-0.1, -0.05) is 6.92 Å². The highest BCUT2D eigenvalue weighted by atomic mass is 16.5. The van der Waals surface area contributed by atoms with Gasteiger partial charge in [0.1, 0.15) is 6.54 Å². The molecule has 1 aromatic carbocycles. The SMILES string of the molecule is CCCNC(=O)CN=C(N)Nc1ccc(OC)c(OC)c1. The average molecular weight is 294 g/mol. The maximum Gasteiger partial charge on any atom is 0.241 e. The summed E-state index contributed by atoms with van der Waals surface area (Å²) in [5.74, 6) is 1.20. The lowest BCUT2D eigenvalue weighted by Gasteiger charge is -2.10. The van der Waals surface area contributed by atoms with E-state index in [1.807, 2.05) is 6.92 Å². The van der Waals surface area contributed by atoms with E-state index < -0.39 is 0 Å². The zero-order valence-electron chi connectivity index (χ0n) is 12.6. The molecule has 0 aliphatic heterocycles. The van der Waals surface area contributed by atoms with Crippen molar-refractivity contribution in [2.75, 3.05) is 32.6 Å². The molecule has 21 heavy (non-hydrogen) atoms. The van der Waals surface area contributed by atoms with Crippen LogP contribution < -0.4 is 25.8 Å². The summed E-state index contributed by atoms with van der Waals surface area (Å²) >= 11 is 0. The van der Waals surface area contributed by atoms with Crippen molar-refractivity contribution in [2.24, 2.45) is 10.7 Å². The summed E-state index contributed by atoms with van der Waals surface area (Å²) in [5, 5.41) is 5.61. The third-order valence-corrected chi connectivity index (χ3v) is 2.62. The van der Waals surface area contributed by atoms with Gasteiger partial charge in [-0.3, -0.25) is 4.79 Å². The van der Waals surface area contributed by atoms with Crippen molar-refractivity contribution < 1.29 is 14.3 Å². The van der Waals surface area contributed by atoms with Crippen molar-refractivity contribution in [3.8, 4) is 11.5 Å². The van der Waals surface area contributed by atoms with Gasteiger partial charge in [0.15, 0.2) is 17.5 Å². The quantitative estimate of drug-likeness (QED) is 0.514. The number of methoxy groups -OCH3 is 2. The second-order valence-electron chi connectivity index (χ2n) is 4.25. The Hall–Kier alpha value is -2.44. The highest BCUT2D eigenvalue weighted by Crippen LogP contribution is 2.29. The van der Waals surface area contributed by atoms with Crippen LogP contribution in [0.2, 0.25) is 0 Å². The van der Waals surface area contributed by atoms with E-state index in [2.05, 4.69) is 15.6 Å². The Kier molecular flexibility index (Phi) is 6.86. The average Bonchev–Trinajstić information content (AvgIpc) is 2.50. The lowest BCUT2D eigenvalue weighted by molar-refractivity contribution is -0.119. The summed E-state index contributed by atoms with van der Waals surface area (Å²) in [6.07, 6.45) is 0.884. The number of rotatable bonds is 7. The van der Waals surface area contributed by atoms with Crippen LogP contribution in [0.3, 0.4) is 0 Å². The van der Waals surface area contributed by atoms with Gasteiger partial charge in [-0.25, -0.2) is 4.99 Å². The molecule has 0 fully saturated rings. The minimum absolute atomic E-state index is 0.00781. The van der Waals surface area contributed by atoms with Crippen LogP contribution in [0.1, 0.15) is 13.3 Å². The fourth-order valence-corrected chi connectivity index (χ4v) is 1.58. The van der Waals surface area contributed by atoms with Crippen molar-refractivity contribution in [3.63, 3.8) is 0 Å². The fourth-order valence-electron chi connectivity index (χ4n) is 1.58. The number of guanidine groups is 1. The Labute approximate surface area is 124 Å². The zero-order valence-corrected chi connectivity index (χ0v) is 12.6. The minimum Gasteiger partial charge on any atom is -0.493 e. The molecule has 4 N–H and O–H groups in total. The van der Waals surface area contributed by atoms with E-state index >= 15 is 0 Å². The fraction of sp³-hybridized carbons (Fsp3) is 0.429. The number of hydrogen-bond acceptors (Lipinski definition) is 4. The lowest BCUT2D eigenvalue weighted by atomic mass is 10.3. The van der Waals surface area contributed by atoms with Crippen LogP contribution in [0.5, 0.6) is 11.5 Å². The van der Waals surface area contributed by atoms with Crippen LogP contribution in [-0.2, 0) is 4.79 Å². The highest BCUT2D eigenvalue weighted by Gasteiger charge is 2.05. The number of ether oxygens (including phenoxy) is 2. The van der Waals surface area contributed by atoms with Crippen molar-refractivity contribution in [2.45, 2.75) is 13.3 Å². The molecular formula is C14H22N4O3. The third-order valence-electron chi connectivity index (χ3n) is 2.62. The Bertz CT molecular complexity index is 503. The predicted molar refractivity (Wildman–Crippen MR) is 83.0 cm³/mol. The summed E-state index contributed by atoms with van der Waals surface area (Å²) in [4.78, 5) is 15.4. The molecule has 0 spiro atoms. The van der Waals surface area contributed by atoms with Gasteiger partial charge in [0.25, 0.3) is 0 Å². The molecular weight excluding hydrogens is 272 g/mol. The topological polar surface area (TPSA) is 98.0 Å². The maximum absolute atomic E-state index is 11.4. The number of nitrogens with two attached hydrogens (primary N) is 1. The molecule has 0 atom stereocenters. The first-order chi connectivity index (χ1) is 10.1. The molecule has 0 aliphatic rings. The molecule has 1 rings (SSSR count). The van der Waals surface area contributed by atoms with Crippen LogP contribution in [0.15, 0.2) is 23.2 Å². The number of amides is 1. The summed E-state index contributed by atoms with van der Waals surface area (Å²) in [5.41, 5.74) is 6.43. The Morgan fingerprint density at radius 2 is 2.00 bits per heavy atom. The maximum atomic E-state index is 11.4. The van der Waals surface area contributed by atoms with E-state index in [4.69, 9.17) is 15.2 Å². The summed E-state index contributed by atoms with van der Waals surface area (Å²) in [6, 6.07) is 5.27. The molecule has 0 aliphatic carbocycles. The standard InChI is InChI=1S/C14H22N4O3/c1-4-7-16-13(19)9-17-14(15)18-10-5-6-11(20-2)12(8-10)21-3/h5-6,8H,4,7,9H2,1-3H3,(H,16,19)(H3,15,17,18). The van der Waals surface area contributed by atoms with E-state index in [1.54, 1.807) is 32.4 Å².